The molecule has 2 aromatic rings. The average Bonchev–Trinajstić information content (AvgIpc) is 2.29. The van der Waals surface area contributed by atoms with Crippen LogP contribution < -0.4 is 11.2 Å². The van der Waals surface area contributed by atoms with Crippen LogP contribution in [0.4, 0.5) is 0 Å². The van der Waals surface area contributed by atoms with Gasteiger partial charge in [-0.1, -0.05) is 11.6 Å². The summed E-state index contributed by atoms with van der Waals surface area (Å²) >= 11 is 5.74. The van der Waals surface area contributed by atoms with E-state index in [2.05, 4.69) is 4.98 Å². The Kier molecular flexibility index (Phi) is 2.85. The molecule has 2 rings (SSSR count). The summed E-state index contributed by atoms with van der Waals surface area (Å²) in [5.41, 5.74) is 5.34. The van der Waals surface area contributed by atoms with Crippen LogP contribution in [0.1, 0.15) is 17.3 Å². The van der Waals surface area contributed by atoms with E-state index in [4.69, 9.17) is 17.3 Å². The molecule has 2 aromatic heterocycles. The maximum Gasteiger partial charge on any atom is 0.254 e. The van der Waals surface area contributed by atoms with Gasteiger partial charge in [0, 0.05) is 12.7 Å². The summed E-state index contributed by atoms with van der Waals surface area (Å²) in [4.78, 5) is 27.1. The van der Waals surface area contributed by atoms with E-state index in [1.54, 1.807) is 4.57 Å². The summed E-state index contributed by atoms with van der Waals surface area (Å²) in [7, 11) is 0. The van der Waals surface area contributed by atoms with E-state index >= 15 is 0 Å². The molecule has 0 aromatic carbocycles. The fourth-order valence-corrected chi connectivity index (χ4v) is 1.86. The van der Waals surface area contributed by atoms with Gasteiger partial charge in [0.25, 0.3) is 5.91 Å². The molecule has 0 unspecified atom stereocenters. The topological polar surface area (TPSA) is 78.0 Å². The van der Waals surface area contributed by atoms with Crippen molar-refractivity contribution in [2.45, 2.75) is 13.5 Å². The van der Waals surface area contributed by atoms with Crippen molar-refractivity contribution in [1.82, 2.24) is 9.55 Å². The number of carbonyl (C=O) groups is 1. The van der Waals surface area contributed by atoms with Crippen LogP contribution >= 0.6 is 11.6 Å². The Morgan fingerprint density at radius 2 is 2.29 bits per heavy atom. The van der Waals surface area contributed by atoms with Gasteiger partial charge >= 0.3 is 0 Å². The quantitative estimate of drug-likeness (QED) is 0.814. The van der Waals surface area contributed by atoms with Crippen molar-refractivity contribution in [2.24, 2.45) is 5.73 Å². The van der Waals surface area contributed by atoms with Crippen LogP contribution in [-0.4, -0.2) is 15.5 Å². The highest BCUT2D eigenvalue weighted by Gasteiger charge is 2.13. The molecule has 0 aliphatic rings. The van der Waals surface area contributed by atoms with Gasteiger partial charge in [0.2, 0.25) is 5.43 Å². The molecule has 2 N–H and O–H groups in total. The SMILES string of the molecule is CCn1cc(C(N)=O)c(=O)c2cc(Cl)ncc21. The molecule has 0 bridgehead atoms. The van der Waals surface area contributed by atoms with Crippen LogP contribution in [0.15, 0.2) is 23.3 Å². The summed E-state index contributed by atoms with van der Waals surface area (Å²) in [6, 6.07) is 1.44. The van der Waals surface area contributed by atoms with Crippen molar-refractivity contribution in [3.05, 3.63) is 39.4 Å². The van der Waals surface area contributed by atoms with Crippen LogP contribution in [-0.2, 0) is 6.54 Å². The smallest absolute Gasteiger partial charge is 0.254 e. The second-order valence-corrected chi connectivity index (χ2v) is 3.93. The number of primary amides is 1. The van der Waals surface area contributed by atoms with E-state index in [0.29, 0.717) is 17.4 Å². The predicted molar refractivity (Wildman–Crippen MR) is 65.2 cm³/mol. The third-order valence-corrected chi connectivity index (χ3v) is 2.75. The standard InChI is InChI=1S/C11H10ClN3O2/c1-2-15-5-7(11(13)17)10(16)6-3-9(12)14-4-8(6)15/h3-5H,2H2,1H3,(H2,13,17). The Balaban J connectivity index is 2.96. The van der Waals surface area contributed by atoms with Gasteiger partial charge in [-0.15, -0.1) is 0 Å². The molecular formula is C11H10ClN3O2. The van der Waals surface area contributed by atoms with Crippen LogP contribution in [0.2, 0.25) is 5.15 Å². The fraction of sp³-hybridized carbons (Fsp3) is 0.182. The maximum atomic E-state index is 12.0. The molecule has 0 saturated heterocycles. The van der Waals surface area contributed by atoms with Gasteiger partial charge in [-0.25, -0.2) is 4.98 Å². The van der Waals surface area contributed by atoms with Crippen LogP contribution in [0.25, 0.3) is 10.9 Å². The molecule has 0 aliphatic heterocycles. The van der Waals surface area contributed by atoms with Gasteiger partial charge < -0.3 is 10.3 Å². The van der Waals surface area contributed by atoms with E-state index in [9.17, 15) is 9.59 Å². The van der Waals surface area contributed by atoms with E-state index < -0.39 is 11.3 Å². The summed E-state index contributed by atoms with van der Waals surface area (Å²) in [5.74, 6) is -0.743. The molecule has 0 fully saturated rings. The lowest BCUT2D eigenvalue weighted by atomic mass is 10.1. The number of nitrogens with two attached hydrogens (primary N) is 1. The number of nitrogens with zero attached hydrogens (tertiary/aromatic N) is 2. The van der Waals surface area contributed by atoms with Crippen LogP contribution in [0.5, 0.6) is 0 Å². The number of aromatic nitrogens is 2. The third-order valence-electron chi connectivity index (χ3n) is 2.54. The minimum Gasteiger partial charge on any atom is -0.365 e. The van der Waals surface area contributed by atoms with Crippen molar-refractivity contribution >= 4 is 28.4 Å². The second kappa shape index (κ2) is 4.18. The van der Waals surface area contributed by atoms with Crippen molar-refractivity contribution in [3.63, 3.8) is 0 Å². The normalized spacial score (nSPS) is 10.7. The first-order chi connectivity index (χ1) is 8.04. The van der Waals surface area contributed by atoms with E-state index in [1.165, 1.54) is 18.5 Å². The lowest BCUT2D eigenvalue weighted by Gasteiger charge is -2.09. The highest BCUT2D eigenvalue weighted by Crippen LogP contribution is 2.14. The molecule has 1 amide bonds. The number of hydrogen-bond acceptors (Lipinski definition) is 3. The van der Waals surface area contributed by atoms with Gasteiger partial charge in [0.1, 0.15) is 10.7 Å². The van der Waals surface area contributed by atoms with E-state index in [-0.39, 0.29) is 10.7 Å². The highest BCUT2D eigenvalue weighted by molar-refractivity contribution is 6.30. The monoisotopic (exact) mass is 251 g/mol. The molecule has 6 heteroatoms. The molecule has 0 aliphatic carbocycles. The maximum absolute atomic E-state index is 12.0. The molecule has 0 radical (unpaired) electrons. The lowest BCUT2D eigenvalue weighted by molar-refractivity contribution is 0.0999. The van der Waals surface area contributed by atoms with Gasteiger partial charge in [-0.3, -0.25) is 9.59 Å². The zero-order valence-corrected chi connectivity index (χ0v) is 9.86. The Hall–Kier alpha value is -1.88. The van der Waals surface area contributed by atoms with Crippen molar-refractivity contribution in [1.29, 1.82) is 0 Å². The fourth-order valence-electron chi connectivity index (χ4n) is 1.70. The molecule has 17 heavy (non-hydrogen) atoms. The van der Waals surface area contributed by atoms with Gasteiger partial charge in [0.05, 0.1) is 17.1 Å². The number of fused-ring (bicyclic) bond motifs is 1. The minimum atomic E-state index is -0.743. The number of carbonyl (C=O) groups excluding carboxylic acids is 1. The zero-order chi connectivity index (χ0) is 12.6. The summed E-state index contributed by atoms with van der Waals surface area (Å²) in [6.07, 6.45) is 2.95. The van der Waals surface area contributed by atoms with Crippen molar-refractivity contribution < 1.29 is 4.79 Å². The summed E-state index contributed by atoms with van der Waals surface area (Å²) in [6.45, 7) is 2.49. The van der Waals surface area contributed by atoms with Crippen molar-refractivity contribution in [2.75, 3.05) is 0 Å². The average molecular weight is 252 g/mol. The molecule has 0 saturated carbocycles. The van der Waals surface area contributed by atoms with Gasteiger partial charge in [0.15, 0.2) is 0 Å². The number of pyridine rings is 2. The lowest BCUT2D eigenvalue weighted by Crippen LogP contribution is -2.24. The number of hydrogen-bond donors (Lipinski definition) is 1. The molecule has 5 nitrogen and oxygen atoms in total. The first-order valence-electron chi connectivity index (χ1n) is 5.03. The molecule has 0 atom stereocenters. The van der Waals surface area contributed by atoms with Crippen LogP contribution in [0, 0.1) is 0 Å². The third kappa shape index (κ3) is 1.89. The molecule has 88 valence electrons. The Morgan fingerprint density at radius 1 is 1.59 bits per heavy atom. The largest absolute Gasteiger partial charge is 0.365 e. The van der Waals surface area contributed by atoms with E-state index in [0.717, 1.165) is 0 Å². The zero-order valence-electron chi connectivity index (χ0n) is 9.11. The second-order valence-electron chi connectivity index (χ2n) is 3.55. The first-order valence-corrected chi connectivity index (χ1v) is 5.41. The highest BCUT2D eigenvalue weighted by atomic mass is 35.5. The first kappa shape index (κ1) is 11.6. The summed E-state index contributed by atoms with van der Waals surface area (Å²) in [5, 5.41) is 0.557. The van der Waals surface area contributed by atoms with Crippen molar-refractivity contribution in [3.8, 4) is 0 Å². The Morgan fingerprint density at radius 3 is 2.88 bits per heavy atom. The Labute approximate surface area is 102 Å². The number of halogens is 1. The van der Waals surface area contributed by atoms with E-state index in [1.807, 2.05) is 6.92 Å². The molecular weight excluding hydrogens is 242 g/mol. The van der Waals surface area contributed by atoms with Gasteiger partial charge in [-0.05, 0) is 13.0 Å². The summed E-state index contributed by atoms with van der Waals surface area (Å²) < 4.78 is 1.74. The Bertz CT molecular complexity index is 664. The number of amides is 1. The molecule has 2 heterocycles. The molecule has 0 spiro atoms. The van der Waals surface area contributed by atoms with Gasteiger partial charge in [-0.2, -0.15) is 0 Å². The van der Waals surface area contributed by atoms with Crippen LogP contribution in [0.3, 0.4) is 0 Å². The number of rotatable bonds is 2. The predicted octanol–water partition coefficient (Wildman–Crippen LogP) is 1.17. The number of aryl methyl sites for hydroxylation is 1. The minimum absolute atomic E-state index is 0.0402.